The predicted molar refractivity (Wildman–Crippen MR) is 50.9 cm³/mol. The Morgan fingerprint density at radius 1 is 1.46 bits per heavy atom. The number of hydrogen-bond donors (Lipinski definition) is 3. The fraction of sp³-hybridized carbons (Fsp3) is 0.714. The number of anilines is 1. The summed E-state index contributed by atoms with van der Waals surface area (Å²) in [6.45, 7) is 1.75. The first kappa shape index (κ1) is 10.4. The molecular formula is C7H13N3O2S. The summed E-state index contributed by atoms with van der Waals surface area (Å²) in [4.78, 5) is 4.14. The van der Waals surface area contributed by atoms with Crippen molar-refractivity contribution in [1.82, 2.24) is 9.36 Å². The Hall–Kier alpha value is -0.720. The lowest BCUT2D eigenvalue weighted by molar-refractivity contribution is 0.204. The number of aromatic nitrogens is 2. The van der Waals surface area contributed by atoms with Gasteiger partial charge in [-0.3, -0.25) is 0 Å². The van der Waals surface area contributed by atoms with Crippen LogP contribution in [-0.4, -0.2) is 38.8 Å². The van der Waals surface area contributed by atoms with Gasteiger partial charge in [0.15, 0.2) is 0 Å². The van der Waals surface area contributed by atoms with Gasteiger partial charge in [-0.1, -0.05) is 6.92 Å². The van der Waals surface area contributed by atoms with E-state index in [1.165, 1.54) is 11.5 Å². The lowest BCUT2D eigenvalue weighted by Crippen LogP contribution is -2.27. The summed E-state index contributed by atoms with van der Waals surface area (Å²) in [5, 5.41) is 21.1. The highest BCUT2D eigenvalue weighted by Crippen LogP contribution is 2.12. The minimum Gasteiger partial charge on any atom is -0.394 e. The summed E-state index contributed by atoms with van der Waals surface area (Å²) in [5.74, 6) is 0.780. The Labute approximate surface area is 80.6 Å². The van der Waals surface area contributed by atoms with Crippen molar-refractivity contribution >= 4 is 16.7 Å². The number of hydrogen-bond acceptors (Lipinski definition) is 6. The third kappa shape index (κ3) is 2.91. The summed E-state index contributed by atoms with van der Waals surface area (Å²) < 4.78 is 4.06. The molecule has 0 atom stereocenters. The van der Waals surface area contributed by atoms with Gasteiger partial charge in [-0.15, -0.1) is 0 Å². The van der Waals surface area contributed by atoms with Crippen molar-refractivity contribution in [2.24, 2.45) is 0 Å². The SMILES string of the molecule is CCc1nsc(NC(CO)CO)n1. The van der Waals surface area contributed by atoms with E-state index in [0.717, 1.165) is 12.2 Å². The van der Waals surface area contributed by atoms with Crippen molar-refractivity contribution < 1.29 is 10.2 Å². The van der Waals surface area contributed by atoms with Crippen LogP contribution in [0, 0.1) is 0 Å². The Morgan fingerprint density at radius 2 is 2.15 bits per heavy atom. The molecule has 0 saturated carbocycles. The van der Waals surface area contributed by atoms with Crippen LogP contribution in [0.4, 0.5) is 5.13 Å². The quantitative estimate of drug-likeness (QED) is 0.621. The largest absolute Gasteiger partial charge is 0.394 e. The number of aliphatic hydroxyl groups excluding tert-OH is 2. The second kappa shape index (κ2) is 5.11. The van der Waals surface area contributed by atoms with Crippen molar-refractivity contribution in [3.05, 3.63) is 5.82 Å². The zero-order valence-corrected chi connectivity index (χ0v) is 8.21. The average Bonchev–Trinajstić information content (AvgIpc) is 2.61. The number of rotatable bonds is 5. The van der Waals surface area contributed by atoms with Gasteiger partial charge in [0.1, 0.15) is 5.82 Å². The number of aryl methyl sites for hydroxylation is 1. The first-order chi connectivity index (χ1) is 6.30. The Balaban J connectivity index is 2.52. The molecule has 0 aliphatic rings. The van der Waals surface area contributed by atoms with E-state index in [1.54, 1.807) is 0 Å². The van der Waals surface area contributed by atoms with Crippen molar-refractivity contribution in [3.63, 3.8) is 0 Å². The van der Waals surface area contributed by atoms with Crippen molar-refractivity contribution in [1.29, 1.82) is 0 Å². The van der Waals surface area contributed by atoms with Crippen LogP contribution in [0.15, 0.2) is 0 Å². The van der Waals surface area contributed by atoms with Gasteiger partial charge < -0.3 is 15.5 Å². The molecule has 13 heavy (non-hydrogen) atoms. The zero-order chi connectivity index (χ0) is 9.68. The van der Waals surface area contributed by atoms with Gasteiger partial charge in [-0.05, 0) is 0 Å². The third-order valence-electron chi connectivity index (χ3n) is 1.55. The standard InChI is InChI=1S/C7H13N3O2S/c1-2-6-9-7(13-10-6)8-5(3-11)4-12/h5,11-12H,2-4H2,1H3,(H,8,9,10). The van der Waals surface area contributed by atoms with Crippen molar-refractivity contribution in [2.45, 2.75) is 19.4 Å². The van der Waals surface area contributed by atoms with E-state index in [0.29, 0.717) is 5.13 Å². The summed E-state index contributed by atoms with van der Waals surface area (Å²) in [7, 11) is 0. The Bertz CT molecular complexity index is 250. The number of nitrogens with one attached hydrogen (secondary N) is 1. The molecule has 0 bridgehead atoms. The predicted octanol–water partition coefficient (Wildman–Crippen LogP) is -0.134. The van der Waals surface area contributed by atoms with Crippen LogP contribution in [0.3, 0.4) is 0 Å². The molecule has 0 amide bonds. The van der Waals surface area contributed by atoms with Crippen LogP contribution in [0.1, 0.15) is 12.7 Å². The van der Waals surface area contributed by atoms with Crippen LogP contribution in [0.5, 0.6) is 0 Å². The minimum atomic E-state index is -0.349. The lowest BCUT2D eigenvalue weighted by atomic mass is 10.3. The molecule has 5 nitrogen and oxygen atoms in total. The molecule has 0 saturated heterocycles. The van der Waals surface area contributed by atoms with E-state index in [2.05, 4.69) is 14.7 Å². The normalized spacial score (nSPS) is 10.8. The molecule has 1 heterocycles. The van der Waals surface area contributed by atoms with Crippen molar-refractivity contribution in [3.8, 4) is 0 Å². The van der Waals surface area contributed by atoms with E-state index < -0.39 is 0 Å². The molecule has 0 aliphatic carbocycles. The molecule has 74 valence electrons. The summed E-state index contributed by atoms with van der Waals surface area (Å²) >= 11 is 1.24. The van der Waals surface area contributed by atoms with Gasteiger partial charge in [0.25, 0.3) is 0 Å². The lowest BCUT2D eigenvalue weighted by Gasteiger charge is -2.10. The van der Waals surface area contributed by atoms with E-state index >= 15 is 0 Å². The maximum Gasteiger partial charge on any atom is 0.202 e. The van der Waals surface area contributed by atoms with Gasteiger partial charge >= 0.3 is 0 Å². The van der Waals surface area contributed by atoms with Gasteiger partial charge in [0, 0.05) is 18.0 Å². The summed E-state index contributed by atoms with van der Waals surface area (Å²) in [5.41, 5.74) is 0. The molecule has 0 radical (unpaired) electrons. The Kier molecular flexibility index (Phi) is 4.07. The topological polar surface area (TPSA) is 78.3 Å². The van der Waals surface area contributed by atoms with Crippen molar-refractivity contribution in [2.75, 3.05) is 18.5 Å². The van der Waals surface area contributed by atoms with Crippen LogP contribution in [-0.2, 0) is 6.42 Å². The third-order valence-corrected chi connectivity index (χ3v) is 2.24. The number of aliphatic hydroxyl groups is 2. The van der Waals surface area contributed by atoms with E-state index in [1.807, 2.05) is 6.92 Å². The van der Waals surface area contributed by atoms with E-state index in [9.17, 15) is 0 Å². The maximum absolute atomic E-state index is 8.79. The van der Waals surface area contributed by atoms with Gasteiger partial charge in [0.05, 0.1) is 19.3 Å². The highest BCUT2D eigenvalue weighted by molar-refractivity contribution is 7.09. The second-order valence-corrected chi connectivity index (χ2v) is 3.33. The van der Waals surface area contributed by atoms with Crippen LogP contribution < -0.4 is 5.32 Å². The molecule has 0 fully saturated rings. The molecule has 1 rings (SSSR count). The maximum atomic E-state index is 8.79. The molecular weight excluding hydrogens is 190 g/mol. The molecule has 0 unspecified atom stereocenters. The summed E-state index contributed by atoms with van der Waals surface area (Å²) in [6.07, 6.45) is 0.793. The van der Waals surface area contributed by atoms with Gasteiger partial charge in [0.2, 0.25) is 5.13 Å². The fourth-order valence-corrected chi connectivity index (χ4v) is 1.51. The molecule has 3 N–H and O–H groups in total. The van der Waals surface area contributed by atoms with E-state index in [4.69, 9.17) is 10.2 Å². The van der Waals surface area contributed by atoms with Gasteiger partial charge in [-0.2, -0.15) is 4.37 Å². The molecule has 6 heteroatoms. The highest BCUT2D eigenvalue weighted by atomic mass is 32.1. The molecule has 1 aromatic heterocycles. The molecule has 0 spiro atoms. The van der Waals surface area contributed by atoms with Crippen LogP contribution >= 0.6 is 11.5 Å². The highest BCUT2D eigenvalue weighted by Gasteiger charge is 2.08. The smallest absolute Gasteiger partial charge is 0.202 e. The van der Waals surface area contributed by atoms with Gasteiger partial charge in [-0.25, -0.2) is 4.98 Å². The molecule has 0 aliphatic heterocycles. The monoisotopic (exact) mass is 203 g/mol. The molecule has 1 aromatic rings. The zero-order valence-electron chi connectivity index (χ0n) is 7.40. The number of nitrogens with zero attached hydrogens (tertiary/aromatic N) is 2. The second-order valence-electron chi connectivity index (χ2n) is 2.58. The fourth-order valence-electron chi connectivity index (χ4n) is 0.780. The van der Waals surface area contributed by atoms with Crippen LogP contribution in [0.2, 0.25) is 0 Å². The minimum absolute atomic E-state index is 0.114. The average molecular weight is 203 g/mol. The Morgan fingerprint density at radius 3 is 2.62 bits per heavy atom. The first-order valence-corrected chi connectivity index (χ1v) is 4.88. The first-order valence-electron chi connectivity index (χ1n) is 4.11. The summed E-state index contributed by atoms with van der Waals surface area (Å²) in [6, 6.07) is -0.349. The van der Waals surface area contributed by atoms with Crippen LogP contribution in [0.25, 0.3) is 0 Å². The van der Waals surface area contributed by atoms with E-state index in [-0.39, 0.29) is 19.3 Å². The molecule has 0 aromatic carbocycles.